The SMILES string of the molecule is Cc1ccc(-c2cnc(CCN)s2)o1. The molecule has 0 aliphatic carbocycles. The fraction of sp³-hybridized carbons (Fsp3) is 0.300. The van der Waals surface area contributed by atoms with E-state index in [0.29, 0.717) is 6.54 Å². The number of nitrogens with zero attached hydrogens (tertiary/aromatic N) is 1. The summed E-state index contributed by atoms with van der Waals surface area (Å²) in [5.41, 5.74) is 5.46. The van der Waals surface area contributed by atoms with Crippen molar-refractivity contribution in [1.29, 1.82) is 0 Å². The predicted molar refractivity (Wildman–Crippen MR) is 57.3 cm³/mol. The zero-order valence-electron chi connectivity index (χ0n) is 7.99. The van der Waals surface area contributed by atoms with E-state index in [4.69, 9.17) is 10.2 Å². The lowest BCUT2D eigenvalue weighted by molar-refractivity contribution is 0.549. The number of furan rings is 1. The van der Waals surface area contributed by atoms with Gasteiger partial charge in [0.25, 0.3) is 0 Å². The minimum atomic E-state index is 0.643. The first-order chi connectivity index (χ1) is 6.79. The van der Waals surface area contributed by atoms with E-state index in [1.165, 1.54) is 0 Å². The highest BCUT2D eigenvalue weighted by Gasteiger charge is 2.06. The molecule has 0 spiro atoms. The van der Waals surface area contributed by atoms with Gasteiger partial charge in [0.2, 0.25) is 0 Å². The summed E-state index contributed by atoms with van der Waals surface area (Å²) in [7, 11) is 0. The number of aryl methyl sites for hydroxylation is 1. The normalized spacial score (nSPS) is 10.7. The van der Waals surface area contributed by atoms with Gasteiger partial charge in [0.1, 0.15) is 11.5 Å². The fourth-order valence-electron chi connectivity index (χ4n) is 1.23. The van der Waals surface area contributed by atoms with Crippen LogP contribution < -0.4 is 5.73 Å². The highest BCUT2D eigenvalue weighted by Crippen LogP contribution is 2.27. The Morgan fingerprint density at radius 2 is 2.36 bits per heavy atom. The van der Waals surface area contributed by atoms with E-state index in [2.05, 4.69) is 4.98 Å². The van der Waals surface area contributed by atoms with Gasteiger partial charge in [-0.25, -0.2) is 4.98 Å². The Balaban J connectivity index is 2.24. The first kappa shape index (κ1) is 9.43. The number of hydrogen-bond acceptors (Lipinski definition) is 4. The third-order valence-electron chi connectivity index (χ3n) is 1.89. The summed E-state index contributed by atoms with van der Waals surface area (Å²) >= 11 is 1.64. The van der Waals surface area contributed by atoms with Gasteiger partial charge in [0.05, 0.1) is 9.88 Å². The van der Waals surface area contributed by atoms with Crippen LogP contribution in [0.15, 0.2) is 22.7 Å². The van der Waals surface area contributed by atoms with Crippen LogP contribution >= 0.6 is 11.3 Å². The average molecular weight is 208 g/mol. The van der Waals surface area contributed by atoms with E-state index in [0.717, 1.165) is 27.8 Å². The smallest absolute Gasteiger partial charge is 0.145 e. The van der Waals surface area contributed by atoms with Crippen LogP contribution in [0.3, 0.4) is 0 Å². The van der Waals surface area contributed by atoms with Crippen molar-refractivity contribution in [3.8, 4) is 10.6 Å². The highest BCUT2D eigenvalue weighted by molar-refractivity contribution is 7.15. The van der Waals surface area contributed by atoms with Gasteiger partial charge in [-0.05, 0) is 25.6 Å². The first-order valence-corrected chi connectivity index (χ1v) is 5.33. The lowest BCUT2D eigenvalue weighted by Gasteiger charge is -1.88. The van der Waals surface area contributed by atoms with Crippen molar-refractivity contribution in [2.45, 2.75) is 13.3 Å². The van der Waals surface area contributed by atoms with Crippen LogP contribution in [-0.4, -0.2) is 11.5 Å². The van der Waals surface area contributed by atoms with Crippen molar-refractivity contribution >= 4 is 11.3 Å². The Morgan fingerprint density at radius 3 is 3.00 bits per heavy atom. The van der Waals surface area contributed by atoms with Gasteiger partial charge in [0.15, 0.2) is 0 Å². The van der Waals surface area contributed by atoms with Crippen molar-refractivity contribution in [3.63, 3.8) is 0 Å². The largest absolute Gasteiger partial charge is 0.460 e. The molecule has 0 saturated carbocycles. The number of rotatable bonds is 3. The summed E-state index contributed by atoms with van der Waals surface area (Å²) in [6.45, 7) is 2.58. The van der Waals surface area contributed by atoms with Crippen LogP contribution in [0.25, 0.3) is 10.6 Å². The lowest BCUT2D eigenvalue weighted by atomic mass is 10.4. The minimum absolute atomic E-state index is 0.643. The van der Waals surface area contributed by atoms with Crippen molar-refractivity contribution in [2.24, 2.45) is 5.73 Å². The Kier molecular flexibility index (Phi) is 2.65. The molecule has 4 heteroatoms. The molecular formula is C10H12N2OS. The molecule has 0 unspecified atom stereocenters. The summed E-state index contributed by atoms with van der Waals surface area (Å²) in [4.78, 5) is 5.34. The molecule has 0 fully saturated rings. The van der Waals surface area contributed by atoms with E-state index >= 15 is 0 Å². The topological polar surface area (TPSA) is 52.0 Å². The maximum absolute atomic E-state index is 5.50. The summed E-state index contributed by atoms with van der Waals surface area (Å²) in [6.07, 6.45) is 2.68. The average Bonchev–Trinajstić information content (AvgIpc) is 2.74. The van der Waals surface area contributed by atoms with Crippen LogP contribution in [0.4, 0.5) is 0 Å². The Bertz CT molecular complexity index is 419. The minimum Gasteiger partial charge on any atom is -0.460 e. The molecule has 0 bridgehead atoms. The van der Waals surface area contributed by atoms with Crippen LogP contribution in [0.1, 0.15) is 10.8 Å². The second kappa shape index (κ2) is 3.94. The quantitative estimate of drug-likeness (QED) is 0.841. The number of thiazole rings is 1. The van der Waals surface area contributed by atoms with E-state index in [1.807, 2.05) is 25.3 Å². The number of hydrogen-bond donors (Lipinski definition) is 1. The third kappa shape index (κ3) is 1.86. The summed E-state index contributed by atoms with van der Waals surface area (Å²) in [5.74, 6) is 1.82. The maximum Gasteiger partial charge on any atom is 0.145 e. The Morgan fingerprint density at radius 1 is 1.50 bits per heavy atom. The van der Waals surface area contributed by atoms with Gasteiger partial charge < -0.3 is 10.2 Å². The monoisotopic (exact) mass is 208 g/mol. The van der Waals surface area contributed by atoms with Gasteiger partial charge in [0, 0.05) is 12.6 Å². The Labute approximate surface area is 86.6 Å². The molecule has 0 saturated heterocycles. The van der Waals surface area contributed by atoms with E-state index in [9.17, 15) is 0 Å². The van der Waals surface area contributed by atoms with Crippen LogP contribution in [0.5, 0.6) is 0 Å². The van der Waals surface area contributed by atoms with Crippen LogP contribution in [-0.2, 0) is 6.42 Å². The fourth-order valence-corrected chi connectivity index (χ4v) is 2.13. The number of aromatic nitrogens is 1. The molecule has 2 N–H and O–H groups in total. The van der Waals surface area contributed by atoms with Gasteiger partial charge in [-0.3, -0.25) is 0 Å². The third-order valence-corrected chi connectivity index (χ3v) is 2.97. The molecule has 2 rings (SSSR count). The summed E-state index contributed by atoms with van der Waals surface area (Å²) < 4.78 is 5.50. The van der Waals surface area contributed by atoms with Gasteiger partial charge in [-0.1, -0.05) is 0 Å². The molecule has 14 heavy (non-hydrogen) atoms. The van der Waals surface area contributed by atoms with Crippen LogP contribution in [0.2, 0.25) is 0 Å². The zero-order chi connectivity index (χ0) is 9.97. The lowest BCUT2D eigenvalue weighted by Crippen LogP contribution is -2.01. The van der Waals surface area contributed by atoms with E-state index in [1.54, 1.807) is 11.3 Å². The van der Waals surface area contributed by atoms with Gasteiger partial charge in [-0.2, -0.15) is 0 Å². The molecule has 3 nitrogen and oxygen atoms in total. The Hall–Kier alpha value is -1.13. The highest BCUT2D eigenvalue weighted by atomic mass is 32.1. The molecule has 74 valence electrons. The molecule has 0 radical (unpaired) electrons. The van der Waals surface area contributed by atoms with E-state index < -0.39 is 0 Å². The zero-order valence-corrected chi connectivity index (χ0v) is 8.80. The molecule has 0 atom stereocenters. The van der Waals surface area contributed by atoms with Crippen molar-refractivity contribution < 1.29 is 4.42 Å². The van der Waals surface area contributed by atoms with Gasteiger partial charge >= 0.3 is 0 Å². The van der Waals surface area contributed by atoms with Crippen molar-refractivity contribution in [3.05, 3.63) is 29.1 Å². The molecule has 2 aromatic heterocycles. The molecular weight excluding hydrogens is 196 g/mol. The molecule has 2 aromatic rings. The first-order valence-electron chi connectivity index (χ1n) is 4.51. The molecule has 0 aliphatic rings. The van der Waals surface area contributed by atoms with Gasteiger partial charge in [-0.15, -0.1) is 11.3 Å². The molecule has 0 aromatic carbocycles. The second-order valence-corrected chi connectivity index (χ2v) is 4.18. The second-order valence-electron chi connectivity index (χ2n) is 3.07. The van der Waals surface area contributed by atoms with Crippen molar-refractivity contribution in [1.82, 2.24) is 4.98 Å². The number of nitrogens with two attached hydrogens (primary N) is 1. The summed E-state index contributed by atoms with van der Waals surface area (Å²) in [5, 5.41) is 1.07. The predicted octanol–water partition coefficient (Wildman–Crippen LogP) is 2.21. The van der Waals surface area contributed by atoms with Crippen LogP contribution in [0, 0.1) is 6.92 Å². The molecule has 0 aliphatic heterocycles. The molecule has 0 amide bonds. The maximum atomic E-state index is 5.50. The van der Waals surface area contributed by atoms with E-state index in [-0.39, 0.29) is 0 Å². The summed E-state index contributed by atoms with van der Waals surface area (Å²) in [6, 6.07) is 3.92. The molecule has 2 heterocycles. The standard InChI is InChI=1S/C10H12N2OS/c1-7-2-3-8(13-7)9-6-12-10(14-9)4-5-11/h2-3,6H,4-5,11H2,1H3. The van der Waals surface area contributed by atoms with Crippen molar-refractivity contribution in [2.75, 3.05) is 6.54 Å².